The molecule has 0 bridgehead atoms. The SMILES string of the molecule is CCCCCCCCCCC/C=C\C/C=C\CCCCCCCCCCCCCCCC(O)CC(=O)NC(CO)C(O)/C=C/CC/C=C/CC/C=C/CCCCCCCCCCCCCCCCC. The number of aliphatic hydroxyl groups excluding tert-OH is 3. The van der Waals surface area contributed by atoms with E-state index in [1.165, 1.54) is 244 Å². The molecule has 0 saturated heterocycles. The van der Waals surface area contributed by atoms with E-state index in [1.807, 2.05) is 6.08 Å². The summed E-state index contributed by atoms with van der Waals surface area (Å²) < 4.78 is 0. The molecular weight excluding hydrogens is 847 g/mol. The molecule has 0 spiro atoms. The molecule has 69 heavy (non-hydrogen) atoms. The Labute approximate surface area is 430 Å². The number of carbonyl (C=O) groups is 1. The van der Waals surface area contributed by atoms with E-state index in [4.69, 9.17) is 0 Å². The lowest BCUT2D eigenvalue weighted by Crippen LogP contribution is -2.45. The number of aliphatic hydroxyl groups is 3. The highest BCUT2D eigenvalue weighted by molar-refractivity contribution is 5.76. The van der Waals surface area contributed by atoms with Gasteiger partial charge in [-0.25, -0.2) is 0 Å². The van der Waals surface area contributed by atoms with Crippen molar-refractivity contribution < 1.29 is 20.1 Å². The monoisotopic (exact) mass is 966 g/mol. The molecule has 0 aromatic heterocycles. The summed E-state index contributed by atoms with van der Waals surface area (Å²) in [6.45, 7) is 4.23. The van der Waals surface area contributed by atoms with E-state index in [0.29, 0.717) is 6.42 Å². The molecule has 0 aliphatic rings. The smallest absolute Gasteiger partial charge is 0.222 e. The van der Waals surface area contributed by atoms with Crippen molar-refractivity contribution >= 4 is 5.91 Å². The van der Waals surface area contributed by atoms with Gasteiger partial charge < -0.3 is 20.6 Å². The minimum atomic E-state index is -0.964. The van der Waals surface area contributed by atoms with E-state index in [2.05, 4.69) is 67.8 Å². The van der Waals surface area contributed by atoms with E-state index in [-0.39, 0.29) is 18.9 Å². The van der Waals surface area contributed by atoms with Crippen molar-refractivity contribution in [2.45, 2.75) is 334 Å². The third-order valence-corrected chi connectivity index (χ3v) is 14.0. The third kappa shape index (κ3) is 55.2. The quantitative estimate of drug-likeness (QED) is 0.0361. The molecule has 3 atom stereocenters. The fraction of sp³-hybridized carbons (Fsp3) is 0.828. The standard InChI is InChI=1S/C64H119NO4/c1-3-5-7-9-11-13-15-17-19-21-23-25-27-29-30-31-32-34-35-37-39-41-43-45-47-49-51-53-55-57-61(67)59-64(69)65-62(60-66)63(68)58-56-54-52-50-48-46-44-42-40-38-36-33-28-26-24-22-20-18-16-14-12-10-8-6-4-2/h23,25,29-30,40,42,48,50,56,58,61-63,66-68H,3-22,24,26-28,31-39,41,43-47,49,51-55,57,59-60H2,1-2H3,(H,65,69)/b25-23-,30-29-,42-40+,50-48+,58-56+. The Morgan fingerprint density at radius 1 is 0.377 bits per heavy atom. The van der Waals surface area contributed by atoms with Crippen LogP contribution in [-0.2, 0) is 4.79 Å². The molecule has 3 unspecified atom stereocenters. The van der Waals surface area contributed by atoms with Gasteiger partial charge in [-0.1, -0.05) is 293 Å². The molecule has 0 saturated carbocycles. The van der Waals surface area contributed by atoms with Crippen molar-refractivity contribution in [3.8, 4) is 0 Å². The van der Waals surface area contributed by atoms with E-state index in [9.17, 15) is 20.1 Å². The Morgan fingerprint density at radius 3 is 1.01 bits per heavy atom. The first-order valence-electron chi connectivity index (χ1n) is 30.6. The Morgan fingerprint density at radius 2 is 0.667 bits per heavy atom. The van der Waals surface area contributed by atoms with Crippen molar-refractivity contribution in [1.82, 2.24) is 5.32 Å². The van der Waals surface area contributed by atoms with Crippen molar-refractivity contribution in [3.05, 3.63) is 60.8 Å². The average Bonchev–Trinajstić information content (AvgIpc) is 3.35. The predicted octanol–water partition coefficient (Wildman–Crippen LogP) is 19.3. The Hall–Kier alpha value is -1.95. The van der Waals surface area contributed by atoms with Crippen LogP contribution in [0.15, 0.2) is 60.8 Å². The molecule has 0 aromatic rings. The van der Waals surface area contributed by atoms with Gasteiger partial charge in [-0.2, -0.15) is 0 Å². The van der Waals surface area contributed by atoms with E-state index in [1.54, 1.807) is 6.08 Å². The average molecular weight is 967 g/mol. The first-order valence-corrected chi connectivity index (χ1v) is 30.6. The summed E-state index contributed by atoms with van der Waals surface area (Å²) in [5.41, 5.74) is 0. The Balaban J connectivity index is 3.61. The largest absolute Gasteiger partial charge is 0.394 e. The zero-order valence-corrected chi connectivity index (χ0v) is 46.2. The summed E-state index contributed by atoms with van der Waals surface area (Å²) in [6.07, 6.45) is 80.0. The minimum Gasteiger partial charge on any atom is -0.394 e. The number of carbonyl (C=O) groups excluding carboxylic acids is 1. The van der Waals surface area contributed by atoms with Crippen molar-refractivity contribution in [1.29, 1.82) is 0 Å². The number of hydrogen-bond donors (Lipinski definition) is 4. The van der Waals surface area contributed by atoms with Gasteiger partial charge in [0, 0.05) is 0 Å². The van der Waals surface area contributed by atoms with Crippen LogP contribution >= 0.6 is 0 Å². The van der Waals surface area contributed by atoms with Gasteiger partial charge >= 0.3 is 0 Å². The van der Waals surface area contributed by atoms with Gasteiger partial charge in [-0.3, -0.25) is 4.79 Å². The molecule has 0 rings (SSSR count). The highest BCUT2D eigenvalue weighted by atomic mass is 16.3. The molecule has 5 heteroatoms. The van der Waals surface area contributed by atoms with Crippen LogP contribution in [0, 0.1) is 0 Å². The Bertz CT molecular complexity index is 1160. The lowest BCUT2D eigenvalue weighted by atomic mass is 10.0. The number of allylic oxidation sites excluding steroid dienone is 9. The van der Waals surface area contributed by atoms with Gasteiger partial charge in [0.2, 0.25) is 5.91 Å². The summed E-state index contributed by atoms with van der Waals surface area (Å²) in [4.78, 5) is 12.5. The molecule has 5 nitrogen and oxygen atoms in total. The third-order valence-electron chi connectivity index (χ3n) is 14.0. The van der Waals surface area contributed by atoms with Crippen LogP contribution in [0.2, 0.25) is 0 Å². The second-order valence-corrected chi connectivity index (χ2v) is 20.9. The number of amides is 1. The normalized spacial score (nSPS) is 13.6. The molecule has 0 aliphatic heterocycles. The molecule has 0 heterocycles. The highest BCUT2D eigenvalue weighted by Crippen LogP contribution is 2.17. The maximum Gasteiger partial charge on any atom is 0.222 e. The molecule has 0 aliphatic carbocycles. The number of rotatable bonds is 56. The van der Waals surface area contributed by atoms with Gasteiger partial charge in [0.25, 0.3) is 0 Å². The van der Waals surface area contributed by atoms with Gasteiger partial charge in [-0.05, 0) is 77.0 Å². The second-order valence-electron chi connectivity index (χ2n) is 20.9. The van der Waals surface area contributed by atoms with E-state index in [0.717, 1.165) is 44.9 Å². The summed E-state index contributed by atoms with van der Waals surface area (Å²) in [7, 11) is 0. The second kappa shape index (κ2) is 58.6. The topological polar surface area (TPSA) is 89.8 Å². The molecule has 0 fully saturated rings. The lowest BCUT2D eigenvalue weighted by molar-refractivity contribution is -0.124. The van der Waals surface area contributed by atoms with Crippen LogP contribution in [0.5, 0.6) is 0 Å². The summed E-state index contributed by atoms with van der Waals surface area (Å²) >= 11 is 0. The maximum atomic E-state index is 12.5. The van der Waals surface area contributed by atoms with Crippen molar-refractivity contribution in [2.24, 2.45) is 0 Å². The van der Waals surface area contributed by atoms with E-state index >= 15 is 0 Å². The molecule has 0 aromatic carbocycles. The van der Waals surface area contributed by atoms with Crippen LogP contribution in [-0.4, -0.2) is 46.1 Å². The van der Waals surface area contributed by atoms with Crippen LogP contribution in [0.4, 0.5) is 0 Å². The molecule has 0 radical (unpaired) electrons. The zero-order chi connectivity index (χ0) is 50.0. The summed E-state index contributed by atoms with van der Waals surface area (Å²) in [5.74, 6) is -0.328. The van der Waals surface area contributed by atoms with Crippen LogP contribution in [0.3, 0.4) is 0 Å². The number of nitrogens with one attached hydrogen (secondary N) is 1. The van der Waals surface area contributed by atoms with Crippen LogP contribution < -0.4 is 5.32 Å². The predicted molar refractivity (Wildman–Crippen MR) is 305 cm³/mol. The lowest BCUT2D eigenvalue weighted by Gasteiger charge is -2.21. The van der Waals surface area contributed by atoms with Gasteiger partial charge in [-0.15, -0.1) is 0 Å². The van der Waals surface area contributed by atoms with Gasteiger partial charge in [0.05, 0.1) is 31.3 Å². The maximum absolute atomic E-state index is 12.5. The fourth-order valence-corrected chi connectivity index (χ4v) is 9.35. The summed E-state index contributed by atoms with van der Waals surface area (Å²) in [5, 5.41) is 33.5. The van der Waals surface area contributed by atoms with Gasteiger partial charge in [0.1, 0.15) is 0 Å². The zero-order valence-electron chi connectivity index (χ0n) is 46.2. The van der Waals surface area contributed by atoms with Gasteiger partial charge in [0.15, 0.2) is 0 Å². The summed E-state index contributed by atoms with van der Waals surface area (Å²) in [6, 6.07) is -0.771. The fourth-order valence-electron chi connectivity index (χ4n) is 9.35. The van der Waals surface area contributed by atoms with Crippen molar-refractivity contribution in [2.75, 3.05) is 6.61 Å². The first-order chi connectivity index (χ1) is 34.0. The Kier molecular flexibility index (Phi) is 57.0. The minimum absolute atomic E-state index is 0.000820. The highest BCUT2D eigenvalue weighted by Gasteiger charge is 2.20. The van der Waals surface area contributed by atoms with E-state index < -0.39 is 18.2 Å². The molecule has 4 N–H and O–H groups in total. The van der Waals surface area contributed by atoms with Crippen LogP contribution in [0.25, 0.3) is 0 Å². The van der Waals surface area contributed by atoms with Crippen LogP contribution in [0.1, 0.15) is 316 Å². The molecule has 1 amide bonds. The number of unbranched alkanes of at least 4 members (excludes halogenated alkanes) is 39. The molecular formula is C64H119NO4. The number of hydrogen-bond acceptors (Lipinski definition) is 4. The molecule has 404 valence electrons. The first kappa shape index (κ1) is 67.0. The van der Waals surface area contributed by atoms with Crippen molar-refractivity contribution in [3.63, 3.8) is 0 Å².